The highest BCUT2D eigenvalue weighted by Crippen LogP contribution is 2.37. The quantitative estimate of drug-likeness (QED) is 0.173. The van der Waals surface area contributed by atoms with E-state index in [0.29, 0.717) is 5.82 Å². The second kappa shape index (κ2) is 13.1. The van der Waals surface area contributed by atoms with Crippen LogP contribution in [0.5, 0.6) is 0 Å². The van der Waals surface area contributed by atoms with Crippen molar-refractivity contribution in [2.24, 2.45) is 0 Å². The zero-order chi connectivity index (χ0) is 35.1. The molecule has 248 valence electrons. The highest BCUT2D eigenvalue weighted by molar-refractivity contribution is 7.25. The first-order valence-electron chi connectivity index (χ1n) is 17.9. The molecule has 3 heteroatoms. The summed E-state index contributed by atoms with van der Waals surface area (Å²) in [6.07, 6.45) is 0. The van der Waals surface area contributed by atoms with E-state index >= 15 is 0 Å². The summed E-state index contributed by atoms with van der Waals surface area (Å²) in [5.41, 5.74) is 12.1. The Hall–Kier alpha value is -6.68. The van der Waals surface area contributed by atoms with Gasteiger partial charge in [0.15, 0.2) is 5.82 Å². The van der Waals surface area contributed by atoms with E-state index in [9.17, 15) is 0 Å². The number of rotatable bonds is 6. The molecule has 0 saturated carbocycles. The van der Waals surface area contributed by atoms with Crippen LogP contribution in [0, 0.1) is 0 Å². The molecule has 0 N–H and O–H groups in total. The van der Waals surface area contributed by atoms with Gasteiger partial charge in [-0.25, -0.2) is 9.97 Å². The Morgan fingerprint density at radius 3 is 1.51 bits per heavy atom. The molecular weight excluding hydrogens is 661 g/mol. The molecular formula is C50H32N2S. The van der Waals surface area contributed by atoms with Crippen LogP contribution in [-0.2, 0) is 0 Å². The van der Waals surface area contributed by atoms with Crippen LogP contribution in [-0.4, -0.2) is 9.97 Å². The van der Waals surface area contributed by atoms with Gasteiger partial charge in [0.05, 0.1) is 11.4 Å². The monoisotopic (exact) mass is 692 g/mol. The van der Waals surface area contributed by atoms with Crippen LogP contribution in [0.3, 0.4) is 0 Å². The maximum atomic E-state index is 5.07. The highest BCUT2D eigenvalue weighted by atomic mass is 32.1. The van der Waals surface area contributed by atoms with Gasteiger partial charge in [0.1, 0.15) is 0 Å². The van der Waals surface area contributed by atoms with E-state index in [4.69, 9.17) is 9.97 Å². The predicted molar refractivity (Wildman–Crippen MR) is 225 cm³/mol. The van der Waals surface area contributed by atoms with Gasteiger partial charge in [-0.3, -0.25) is 0 Å². The van der Waals surface area contributed by atoms with Gasteiger partial charge in [0, 0.05) is 36.9 Å². The number of benzene rings is 8. The lowest BCUT2D eigenvalue weighted by molar-refractivity contribution is 1.18. The summed E-state index contributed by atoms with van der Waals surface area (Å²) >= 11 is 1.86. The topological polar surface area (TPSA) is 25.8 Å². The highest BCUT2D eigenvalue weighted by Gasteiger charge is 2.13. The van der Waals surface area contributed by atoms with Crippen molar-refractivity contribution in [1.82, 2.24) is 9.97 Å². The maximum absolute atomic E-state index is 5.07. The molecule has 0 aliphatic heterocycles. The molecule has 0 saturated heterocycles. The zero-order valence-electron chi connectivity index (χ0n) is 28.8. The third-order valence-corrected chi connectivity index (χ3v) is 11.3. The molecule has 8 aromatic carbocycles. The van der Waals surface area contributed by atoms with Gasteiger partial charge in [-0.05, 0) is 68.4 Å². The Morgan fingerprint density at radius 1 is 0.302 bits per heavy atom. The first kappa shape index (κ1) is 31.1. The fourth-order valence-corrected chi connectivity index (χ4v) is 8.44. The van der Waals surface area contributed by atoms with Crippen LogP contribution >= 0.6 is 11.3 Å². The van der Waals surface area contributed by atoms with Gasteiger partial charge in [0.2, 0.25) is 0 Å². The number of hydrogen-bond donors (Lipinski definition) is 0. The second-order valence-corrected chi connectivity index (χ2v) is 14.5. The molecule has 0 atom stereocenters. The van der Waals surface area contributed by atoms with E-state index in [2.05, 4.69) is 176 Å². The first-order chi connectivity index (χ1) is 26.2. The molecule has 0 radical (unpaired) electrons. The van der Waals surface area contributed by atoms with E-state index in [1.165, 1.54) is 64.3 Å². The van der Waals surface area contributed by atoms with Gasteiger partial charge < -0.3 is 0 Å². The van der Waals surface area contributed by atoms with Crippen LogP contribution in [0.4, 0.5) is 0 Å². The number of thiophene rings is 1. The smallest absolute Gasteiger partial charge is 0.160 e. The normalized spacial score (nSPS) is 11.4. The minimum atomic E-state index is 0.713. The molecule has 0 fully saturated rings. The molecule has 2 aromatic heterocycles. The summed E-state index contributed by atoms with van der Waals surface area (Å²) in [6.45, 7) is 0. The van der Waals surface area contributed by atoms with Gasteiger partial charge >= 0.3 is 0 Å². The Kier molecular flexibility index (Phi) is 7.71. The first-order valence-corrected chi connectivity index (χ1v) is 18.7. The Bertz CT molecular complexity index is 2900. The molecule has 0 spiro atoms. The largest absolute Gasteiger partial charge is 0.228 e. The van der Waals surface area contributed by atoms with Crippen molar-refractivity contribution in [2.45, 2.75) is 0 Å². The number of aromatic nitrogens is 2. The summed E-state index contributed by atoms with van der Waals surface area (Å²) in [4.78, 5) is 10.1. The van der Waals surface area contributed by atoms with Crippen LogP contribution in [0.2, 0.25) is 0 Å². The number of fused-ring (bicyclic) bond motifs is 4. The van der Waals surface area contributed by atoms with Gasteiger partial charge in [-0.2, -0.15) is 0 Å². The minimum absolute atomic E-state index is 0.713. The Balaban J connectivity index is 0.959. The van der Waals surface area contributed by atoms with E-state index in [1.54, 1.807) is 0 Å². The summed E-state index contributed by atoms with van der Waals surface area (Å²) in [7, 11) is 0. The second-order valence-electron chi connectivity index (χ2n) is 13.4. The molecule has 10 aromatic rings. The third-order valence-electron chi connectivity index (χ3n) is 10.1. The summed E-state index contributed by atoms with van der Waals surface area (Å²) < 4.78 is 2.66. The van der Waals surface area contributed by atoms with Crippen LogP contribution in [0.25, 0.3) is 98.2 Å². The Morgan fingerprint density at radius 2 is 0.811 bits per heavy atom. The molecule has 53 heavy (non-hydrogen) atoms. The lowest BCUT2D eigenvalue weighted by Crippen LogP contribution is -1.96. The lowest BCUT2D eigenvalue weighted by Gasteiger charge is -2.11. The predicted octanol–water partition coefficient (Wildman–Crippen LogP) is 14.0. The van der Waals surface area contributed by atoms with Gasteiger partial charge in [-0.1, -0.05) is 170 Å². The summed E-state index contributed by atoms with van der Waals surface area (Å²) in [5.74, 6) is 0.713. The summed E-state index contributed by atoms with van der Waals surface area (Å²) in [5, 5.41) is 5.14. The van der Waals surface area contributed by atoms with Crippen molar-refractivity contribution < 1.29 is 0 Å². The zero-order valence-corrected chi connectivity index (χ0v) is 29.6. The molecule has 2 nitrogen and oxygen atoms in total. The van der Waals surface area contributed by atoms with Crippen LogP contribution in [0.1, 0.15) is 0 Å². The third kappa shape index (κ3) is 5.87. The SMILES string of the molecule is c1ccc(-c2nc(-c3ccc(-c4ccc(-c5ccc6sc7ccccc7c6c5)cc4)cc3)cc(-c3ccc(-c4cccc5ccccc45)cc3)n2)cc1. The Labute approximate surface area is 312 Å². The van der Waals surface area contributed by atoms with E-state index in [0.717, 1.165) is 28.1 Å². The summed E-state index contributed by atoms with van der Waals surface area (Å²) in [6, 6.07) is 69.2. The number of hydrogen-bond acceptors (Lipinski definition) is 3. The van der Waals surface area contributed by atoms with Gasteiger partial charge in [-0.15, -0.1) is 11.3 Å². The van der Waals surface area contributed by atoms with Crippen molar-refractivity contribution in [1.29, 1.82) is 0 Å². The molecule has 0 bridgehead atoms. The van der Waals surface area contributed by atoms with Gasteiger partial charge in [0.25, 0.3) is 0 Å². The van der Waals surface area contributed by atoms with Crippen LogP contribution < -0.4 is 0 Å². The molecule has 0 aliphatic rings. The van der Waals surface area contributed by atoms with Crippen molar-refractivity contribution in [2.75, 3.05) is 0 Å². The lowest BCUT2D eigenvalue weighted by atomic mass is 9.96. The standard InChI is InChI=1S/C50H32N2S/c1-2-10-40(11-3-1)50-51-46(32-47(52-50)39-27-23-37(24-28-39)43-15-8-12-36-9-4-5-13-42(36)43)38-25-21-34(22-26-38)33-17-19-35(20-18-33)41-29-30-49-45(31-41)44-14-6-7-16-48(44)53-49/h1-32H. The molecule has 10 rings (SSSR count). The molecule has 0 unspecified atom stereocenters. The molecule has 0 aliphatic carbocycles. The minimum Gasteiger partial charge on any atom is -0.228 e. The number of nitrogens with zero attached hydrogens (tertiary/aromatic N) is 2. The van der Waals surface area contributed by atoms with E-state index in [-0.39, 0.29) is 0 Å². The fraction of sp³-hybridized carbons (Fsp3) is 0. The van der Waals surface area contributed by atoms with Crippen molar-refractivity contribution in [3.8, 4) is 67.3 Å². The van der Waals surface area contributed by atoms with E-state index in [1.807, 2.05) is 29.5 Å². The molecule has 0 amide bonds. The average molecular weight is 693 g/mol. The van der Waals surface area contributed by atoms with Crippen LogP contribution in [0.15, 0.2) is 194 Å². The maximum Gasteiger partial charge on any atom is 0.160 e. The van der Waals surface area contributed by atoms with E-state index < -0.39 is 0 Å². The fourth-order valence-electron chi connectivity index (χ4n) is 7.35. The molecule has 2 heterocycles. The van der Waals surface area contributed by atoms with Crippen molar-refractivity contribution in [3.05, 3.63) is 194 Å². The average Bonchev–Trinajstić information content (AvgIpc) is 3.62. The van der Waals surface area contributed by atoms with Crippen molar-refractivity contribution >= 4 is 42.3 Å². The van der Waals surface area contributed by atoms with Crippen molar-refractivity contribution in [3.63, 3.8) is 0 Å².